The first-order chi connectivity index (χ1) is 7.47. The van der Waals surface area contributed by atoms with Gasteiger partial charge in [0.2, 0.25) is 0 Å². The first kappa shape index (κ1) is 13.0. The van der Waals surface area contributed by atoms with Crippen LogP contribution >= 0.6 is 0 Å². The van der Waals surface area contributed by atoms with E-state index in [1.165, 1.54) is 0 Å². The summed E-state index contributed by atoms with van der Waals surface area (Å²) in [6, 6.07) is 5.36. The van der Waals surface area contributed by atoms with E-state index in [2.05, 4.69) is 0 Å². The lowest BCUT2D eigenvalue weighted by Crippen LogP contribution is -2.23. The first-order valence-electron chi connectivity index (χ1n) is 5.33. The van der Waals surface area contributed by atoms with E-state index in [1.807, 2.05) is 19.9 Å². The van der Waals surface area contributed by atoms with Gasteiger partial charge in [-0.25, -0.2) is 0 Å². The predicted octanol–water partition coefficient (Wildman–Crippen LogP) is 0.779. The second-order valence-corrected chi connectivity index (χ2v) is 4.24. The number of nitrogens with two attached hydrogens (primary N) is 1. The zero-order valence-electron chi connectivity index (χ0n) is 9.59. The zero-order valence-corrected chi connectivity index (χ0v) is 9.59. The highest BCUT2D eigenvalue weighted by atomic mass is 16.4. The van der Waals surface area contributed by atoms with E-state index in [0.29, 0.717) is 17.2 Å². The van der Waals surface area contributed by atoms with Gasteiger partial charge in [0.25, 0.3) is 0 Å². The lowest BCUT2D eigenvalue weighted by Gasteiger charge is -2.19. The molecule has 0 aliphatic heterocycles. The molecule has 2 atom stereocenters. The molecule has 2 unspecified atom stereocenters. The van der Waals surface area contributed by atoms with Gasteiger partial charge in [0.1, 0.15) is 12.2 Å². The smallest absolute Gasteiger partial charge is 0.109 e. The van der Waals surface area contributed by atoms with Crippen molar-refractivity contribution in [2.75, 3.05) is 12.3 Å². The Morgan fingerprint density at radius 3 is 2.38 bits per heavy atom. The van der Waals surface area contributed by atoms with Gasteiger partial charge < -0.3 is 21.1 Å². The second-order valence-electron chi connectivity index (χ2n) is 4.24. The van der Waals surface area contributed by atoms with Crippen LogP contribution in [0.5, 0.6) is 0 Å². The quantitative estimate of drug-likeness (QED) is 0.570. The van der Waals surface area contributed by atoms with Gasteiger partial charge >= 0.3 is 0 Å². The van der Waals surface area contributed by atoms with Crippen molar-refractivity contribution in [3.63, 3.8) is 0 Å². The van der Waals surface area contributed by atoms with E-state index in [1.54, 1.807) is 12.1 Å². The topological polar surface area (TPSA) is 86.7 Å². The normalized spacial score (nSPS) is 15.1. The van der Waals surface area contributed by atoms with Crippen LogP contribution in [0.2, 0.25) is 0 Å². The van der Waals surface area contributed by atoms with Gasteiger partial charge in [0, 0.05) is 11.3 Å². The summed E-state index contributed by atoms with van der Waals surface area (Å²) in [6.07, 6.45) is -2.35. The average Bonchev–Trinajstić information content (AvgIpc) is 2.27. The van der Waals surface area contributed by atoms with E-state index in [9.17, 15) is 10.2 Å². The predicted molar refractivity (Wildman–Crippen MR) is 63.0 cm³/mol. The number of aliphatic hydroxyl groups is 3. The van der Waals surface area contributed by atoms with Crippen molar-refractivity contribution in [1.29, 1.82) is 0 Å². The van der Waals surface area contributed by atoms with E-state index in [0.717, 1.165) is 5.56 Å². The molecule has 0 saturated carbocycles. The molecule has 0 aliphatic rings. The highest BCUT2D eigenvalue weighted by molar-refractivity contribution is 5.50. The number of nitrogen functional groups attached to an aromatic ring is 1. The van der Waals surface area contributed by atoms with Crippen LogP contribution in [0.15, 0.2) is 18.2 Å². The summed E-state index contributed by atoms with van der Waals surface area (Å²) in [5, 5.41) is 27.9. The van der Waals surface area contributed by atoms with Gasteiger partial charge in [-0.15, -0.1) is 0 Å². The minimum Gasteiger partial charge on any atom is -0.398 e. The number of hydrogen-bond donors (Lipinski definition) is 4. The van der Waals surface area contributed by atoms with E-state index in [-0.39, 0.29) is 0 Å². The molecule has 0 spiro atoms. The Kier molecular flexibility index (Phi) is 4.29. The van der Waals surface area contributed by atoms with Crippen molar-refractivity contribution >= 4 is 5.69 Å². The highest BCUT2D eigenvalue weighted by Gasteiger charge is 2.20. The Bertz CT molecular complexity index is 352. The van der Waals surface area contributed by atoms with Crippen molar-refractivity contribution in [2.24, 2.45) is 0 Å². The Morgan fingerprint density at radius 1 is 1.25 bits per heavy atom. The number of anilines is 1. The third-order valence-electron chi connectivity index (χ3n) is 2.65. The Morgan fingerprint density at radius 2 is 1.88 bits per heavy atom. The third-order valence-corrected chi connectivity index (χ3v) is 2.65. The second kappa shape index (κ2) is 5.30. The van der Waals surface area contributed by atoms with Crippen LogP contribution in [0.4, 0.5) is 5.69 Å². The minimum atomic E-state index is -1.20. The summed E-state index contributed by atoms with van der Waals surface area (Å²) < 4.78 is 0. The summed E-state index contributed by atoms with van der Waals surface area (Å²) in [5.74, 6) is 0.317. The molecule has 0 bridgehead atoms. The first-order valence-corrected chi connectivity index (χ1v) is 5.33. The van der Waals surface area contributed by atoms with Gasteiger partial charge in [-0.1, -0.05) is 26.0 Å². The molecule has 1 aromatic carbocycles. The van der Waals surface area contributed by atoms with Gasteiger partial charge in [-0.3, -0.25) is 0 Å². The van der Waals surface area contributed by atoms with Gasteiger partial charge in [0.05, 0.1) is 6.61 Å². The van der Waals surface area contributed by atoms with Crippen LogP contribution < -0.4 is 5.73 Å². The molecule has 0 heterocycles. The van der Waals surface area contributed by atoms with Gasteiger partial charge in [-0.2, -0.15) is 0 Å². The molecule has 4 nitrogen and oxygen atoms in total. The minimum absolute atomic E-state index is 0.317. The van der Waals surface area contributed by atoms with E-state index in [4.69, 9.17) is 10.8 Å². The molecule has 0 aliphatic carbocycles. The van der Waals surface area contributed by atoms with Crippen LogP contribution in [0, 0.1) is 0 Å². The maximum atomic E-state index is 9.79. The van der Waals surface area contributed by atoms with Gasteiger partial charge in [-0.05, 0) is 17.5 Å². The molecule has 1 aromatic rings. The SMILES string of the molecule is CC(C)c1ccc(N)c(C(O)C(O)CO)c1. The molecule has 0 aromatic heterocycles. The van der Waals surface area contributed by atoms with Gasteiger partial charge in [0.15, 0.2) is 0 Å². The molecule has 0 saturated heterocycles. The van der Waals surface area contributed by atoms with Crippen LogP contribution in [0.25, 0.3) is 0 Å². The van der Waals surface area contributed by atoms with Crippen LogP contribution in [0.1, 0.15) is 37.0 Å². The fraction of sp³-hybridized carbons (Fsp3) is 0.500. The summed E-state index contributed by atoms with van der Waals surface area (Å²) in [5.41, 5.74) is 7.65. The Balaban J connectivity index is 3.06. The summed E-state index contributed by atoms with van der Waals surface area (Å²) in [6.45, 7) is 3.57. The van der Waals surface area contributed by atoms with Crippen molar-refractivity contribution < 1.29 is 15.3 Å². The largest absolute Gasteiger partial charge is 0.398 e. The fourth-order valence-corrected chi connectivity index (χ4v) is 1.52. The molecule has 0 radical (unpaired) electrons. The van der Waals surface area contributed by atoms with Crippen molar-refractivity contribution in [2.45, 2.75) is 32.0 Å². The van der Waals surface area contributed by atoms with Crippen molar-refractivity contribution in [1.82, 2.24) is 0 Å². The number of hydrogen-bond acceptors (Lipinski definition) is 4. The summed E-state index contributed by atoms with van der Waals surface area (Å²) in [4.78, 5) is 0. The standard InChI is InChI=1S/C12H19NO3/c1-7(2)8-3-4-10(13)9(5-8)12(16)11(15)6-14/h3-5,7,11-12,14-16H,6,13H2,1-2H3. The third kappa shape index (κ3) is 2.72. The highest BCUT2D eigenvalue weighted by Crippen LogP contribution is 2.27. The Labute approximate surface area is 95.3 Å². The zero-order chi connectivity index (χ0) is 12.3. The average molecular weight is 225 g/mol. The van der Waals surface area contributed by atoms with Crippen LogP contribution in [0.3, 0.4) is 0 Å². The Hall–Kier alpha value is -1.10. The fourth-order valence-electron chi connectivity index (χ4n) is 1.52. The molecule has 0 amide bonds. The number of benzene rings is 1. The van der Waals surface area contributed by atoms with Crippen LogP contribution in [-0.2, 0) is 0 Å². The number of rotatable bonds is 4. The summed E-state index contributed by atoms with van der Waals surface area (Å²) in [7, 11) is 0. The van der Waals surface area contributed by atoms with Crippen LogP contribution in [-0.4, -0.2) is 28.0 Å². The lowest BCUT2D eigenvalue weighted by atomic mass is 9.95. The van der Waals surface area contributed by atoms with E-state index >= 15 is 0 Å². The molecule has 0 fully saturated rings. The summed E-state index contributed by atoms with van der Waals surface area (Å²) >= 11 is 0. The molecular formula is C12H19NO3. The molecule has 5 N–H and O–H groups in total. The van der Waals surface area contributed by atoms with Crippen molar-refractivity contribution in [3.05, 3.63) is 29.3 Å². The maximum absolute atomic E-state index is 9.79. The van der Waals surface area contributed by atoms with E-state index < -0.39 is 18.8 Å². The van der Waals surface area contributed by atoms with Crippen molar-refractivity contribution in [3.8, 4) is 0 Å². The maximum Gasteiger partial charge on any atom is 0.109 e. The molecular weight excluding hydrogens is 206 g/mol. The molecule has 4 heteroatoms. The lowest BCUT2D eigenvalue weighted by molar-refractivity contribution is -0.0149. The monoisotopic (exact) mass is 225 g/mol. The molecule has 16 heavy (non-hydrogen) atoms. The number of aliphatic hydroxyl groups excluding tert-OH is 3. The molecule has 90 valence electrons. The molecule has 1 rings (SSSR count).